The Balaban J connectivity index is 1.10. The average molecular weight is 639 g/mol. The largest absolute Gasteiger partial charge is 0.398 e. The zero-order chi connectivity index (χ0) is 33.7. The molecule has 1 aliphatic rings. The van der Waals surface area contributed by atoms with Crippen molar-refractivity contribution in [2.24, 2.45) is 15.7 Å². The minimum Gasteiger partial charge on any atom is -0.398 e. The van der Waals surface area contributed by atoms with Gasteiger partial charge < -0.3 is 21.7 Å². The molecule has 1 unspecified atom stereocenters. The summed E-state index contributed by atoms with van der Waals surface area (Å²) in [4.78, 5) is 11.9. The highest BCUT2D eigenvalue weighted by Crippen LogP contribution is 2.41. The summed E-state index contributed by atoms with van der Waals surface area (Å²) < 4.78 is 0. The summed E-state index contributed by atoms with van der Waals surface area (Å²) in [5.74, 6) is 0.886. The third kappa shape index (κ3) is 6.58. The fraction of sp³-hybridized carbons (Fsp3) is 0.0698. The predicted octanol–water partition coefficient (Wildman–Crippen LogP) is 9.73. The highest BCUT2D eigenvalue weighted by Gasteiger charge is 2.28. The van der Waals surface area contributed by atoms with Gasteiger partial charge in [-0.25, -0.2) is 9.98 Å². The normalized spacial score (nSPS) is 14.3. The van der Waals surface area contributed by atoms with Crippen LogP contribution in [-0.4, -0.2) is 17.8 Å². The maximum Gasteiger partial charge on any atom is 0.162 e. The topological polar surface area (TPSA) is 92.0 Å². The van der Waals surface area contributed by atoms with E-state index < -0.39 is 0 Å². The number of rotatable bonds is 8. The summed E-state index contributed by atoms with van der Waals surface area (Å²) in [7, 11) is 0. The number of anilines is 4. The van der Waals surface area contributed by atoms with Gasteiger partial charge in [-0.2, -0.15) is 0 Å². The van der Waals surface area contributed by atoms with Gasteiger partial charge in [0.15, 0.2) is 5.84 Å². The van der Waals surface area contributed by atoms with Gasteiger partial charge in [-0.05, 0) is 59.0 Å². The van der Waals surface area contributed by atoms with Crippen molar-refractivity contribution in [2.45, 2.75) is 19.5 Å². The van der Waals surface area contributed by atoms with Crippen LogP contribution in [-0.2, 0) is 0 Å². The van der Waals surface area contributed by atoms with E-state index in [0.29, 0.717) is 23.1 Å². The highest BCUT2D eigenvalue weighted by molar-refractivity contribution is 6.12. The number of nitrogens with two attached hydrogens (primary N) is 2. The Kier molecular flexibility index (Phi) is 8.76. The summed E-state index contributed by atoms with van der Waals surface area (Å²) in [6, 6.07) is 51.0. The predicted molar refractivity (Wildman–Crippen MR) is 207 cm³/mol. The Labute approximate surface area is 287 Å². The number of hydrogen-bond donors (Lipinski definition) is 3. The molecular weight excluding hydrogens is 601 g/mol. The van der Waals surface area contributed by atoms with E-state index in [0.717, 1.165) is 51.1 Å². The molecular formula is C43H38N6. The molecule has 0 radical (unpaired) electrons. The van der Waals surface area contributed by atoms with E-state index >= 15 is 0 Å². The second-order valence-corrected chi connectivity index (χ2v) is 12.0. The molecule has 6 aromatic carbocycles. The van der Waals surface area contributed by atoms with E-state index in [9.17, 15) is 0 Å². The van der Waals surface area contributed by atoms with Crippen LogP contribution in [0.2, 0.25) is 0 Å². The lowest BCUT2D eigenvalue weighted by atomic mass is 9.97. The Morgan fingerprint density at radius 2 is 1.29 bits per heavy atom. The minimum atomic E-state index is 0.228. The van der Waals surface area contributed by atoms with Gasteiger partial charge in [0.25, 0.3) is 0 Å². The van der Waals surface area contributed by atoms with E-state index in [1.807, 2.05) is 91.0 Å². The quantitative estimate of drug-likeness (QED) is 0.0879. The van der Waals surface area contributed by atoms with Crippen LogP contribution >= 0.6 is 0 Å². The van der Waals surface area contributed by atoms with Gasteiger partial charge in [0, 0.05) is 28.1 Å². The molecule has 6 heteroatoms. The van der Waals surface area contributed by atoms with Gasteiger partial charge in [-0.3, -0.25) is 0 Å². The molecule has 49 heavy (non-hydrogen) atoms. The molecule has 0 bridgehead atoms. The van der Waals surface area contributed by atoms with Crippen molar-refractivity contribution >= 4 is 40.1 Å². The first-order chi connectivity index (χ1) is 24.0. The Bertz CT molecular complexity index is 2150. The second-order valence-electron chi connectivity index (χ2n) is 12.0. The van der Waals surface area contributed by atoms with Gasteiger partial charge in [0.2, 0.25) is 0 Å². The molecule has 0 aliphatic carbocycles. The van der Waals surface area contributed by atoms with Crippen molar-refractivity contribution < 1.29 is 0 Å². The first-order valence-electron chi connectivity index (χ1n) is 16.5. The van der Waals surface area contributed by atoms with Gasteiger partial charge >= 0.3 is 0 Å². The van der Waals surface area contributed by atoms with Crippen LogP contribution in [0, 0.1) is 0 Å². The number of aliphatic imine (C=N–C) groups is 2. The van der Waals surface area contributed by atoms with Gasteiger partial charge in [0.1, 0.15) is 12.0 Å². The van der Waals surface area contributed by atoms with E-state index in [-0.39, 0.29) is 6.17 Å². The van der Waals surface area contributed by atoms with E-state index in [4.69, 9.17) is 21.5 Å². The number of amidine groups is 2. The summed E-state index contributed by atoms with van der Waals surface area (Å²) in [6.45, 7) is 6.46. The number of nitrogens with one attached hydrogen (secondary N) is 1. The first kappa shape index (κ1) is 31.2. The standard InChI is InChI=1S/C43H38N6/c1-3-41-47-39-16-10-11-17-40(39)49(41)36-25-22-31(23-26-36)35-24-27-37(38(44)28-35)32-20-18-30(19-21-32)29(2)46-43(34-14-8-5-9-15-34)48-42(45)33-12-6-4-7-13-33/h4-28,41,47H,2-3,44H2,1H3,(H2,45,46,48). The smallest absolute Gasteiger partial charge is 0.162 e. The Hall–Kier alpha value is -6.40. The van der Waals surface area contributed by atoms with Crippen molar-refractivity contribution in [1.82, 2.24) is 0 Å². The van der Waals surface area contributed by atoms with Crippen LogP contribution in [0.15, 0.2) is 168 Å². The van der Waals surface area contributed by atoms with Crippen molar-refractivity contribution in [3.63, 3.8) is 0 Å². The van der Waals surface area contributed by atoms with Crippen molar-refractivity contribution in [3.05, 3.63) is 175 Å². The molecule has 1 heterocycles. The number of nitrogens with zero attached hydrogens (tertiary/aromatic N) is 3. The van der Waals surface area contributed by atoms with Crippen molar-refractivity contribution in [2.75, 3.05) is 16.0 Å². The van der Waals surface area contributed by atoms with Crippen LogP contribution in [0.1, 0.15) is 30.0 Å². The van der Waals surface area contributed by atoms with E-state index in [1.165, 1.54) is 11.4 Å². The lowest BCUT2D eigenvalue weighted by molar-refractivity contribution is 0.728. The maximum absolute atomic E-state index is 6.65. The van der Waals surface area contributed by atoms with Crippen molar-refractivity contribution in [3.8, 4) is 22.3 Å². The molecule has 7 rings (SSSR count). The second kappa shape index (κ2) is 13.8. The number of benzene rings is 6. The molecule has 6 aromatic rings. The molecule has 5 N–H and O–H groups in total. The third-order valence-electron chi connectivity index (χ3n) is 8.81. The zero-order valence-electron chi connectivity index (χ0n) is 27.4. The SMILES string of the molecule is C=C(N=C(N=C(N)c1ccccc1)c1ccccc1)c1ccc(-c2ccc(-c3ccc(N4c5ccccc5NC4CC)cc3)cc2N)cc1. The molecule has 240 valence electrons. The monoisotopic (exact) mass is 638 g/mol. The highest BCUT2D eigenvalue weighted by atomic mass is 15.3. The number of fused-ring (bicyclic) bond motifs is 1. The van der Waals surface area contributed by atoms with Crippen LogP contribution in [0.25, 0.3) is 28.0 Å². The lowest BCUT2D eigenvalue weighted by Crippen LogP contribution is -2.30. The first-order valence-corrected chi connectivity index (χ1v) is 16.5. The number of hydrogen-bond acceptors (Lipinski definition) is 4. The minimum absolute atomic E-state index is 0.228. The molecule has 0 saturated carbocycles. The van der Waals surface area contributed by atoms with Gasteiger partial charge in [-0.15, -0.1) is 0 Å². The van der Waals surface area contributed by atoms with E-state index in [2.05, 4.69) is 84.4 Å². The van der Waals surface area contributed by atoms with Crippen LogP contribution in [0.4, 0.5) is 22.7 Å². The Morgan fingerprint density at radius 1 is 0.673 bits per heavy atom. The lowest BCUT2D eigenvalue weighted by Gasteiger charge is -2.26. The molecule has 0 spiro atoms. The molecule has 1 aliphatic heterocycles. The molecule has 0 amide bonds. The van der Waals surface area contributed by atoms with Crippen LogP contribution < -0.4 is 21.7 Å². The summed E-state index contributed by atoms with van der Waals surface area (Å²) in [6.07, 6.45) is 1.22. The maximum atomic E-state index is 6.65. The van der Waals surface area contributed by atoms with Crippen LogP contribution in [0.3, 0.4) is 0 Å². The van der Waals surface area contributed by atoms with Gasteiger partial charge in [0.05, 0.1) is 17.1 Å². The fourth-order valence-electron chi connectivity index (χ4n) is 6.20. The fourth-order valence-corrected chi connectivity index (χ4v) is 6.20. The Morgan fingerprint density at radius 3 is 1.96 bits per heavy atom. The summed E-state index contributed by atoms with van der Waals surface area (Å²) in [5.41, 5.74) is 24.6. The summed E-state index contributed by atoms with van der Waals surface area (Å²) >= 11 is 0. The molecule has 0 saturated heterocycles. The number of nitrogen functional groups attached to an aromatic ring is 1. The van der Waals surface area contributed by atoms with Crippen LogP contribution in [0.5, 0.6) is 0 Å². The molecule has 1 atom stereocenters. The zero-order valence-corrected chi connectivity index (χ0v) is 27.4. The number of para-hydroxylation sites is 2. The summed E-state index contributed by atoms with van der Waals surface area (Å²) in [5, 5.41) is 3.63. The van der Waals surface area contributed by atoms with E-state index in [1.54, 1.807) is 0 Å². The third-order valence-corrected chi connectivity index (χ3v) is 8.81. The van der Waals surface area contributed by atoms with Crippen molar-refractivity contribution in [1.29, 1.82) is 0 Å². The molecule has 0 aromatic heterocycles. The molecule has 0 fully saturated rings. The average Bonchev–Trinajstić information content (AvgIpc) is 3.54. The molecule has 6 nitrogen and oxygen atoms in total. The van der Waals surface area contributed by atoms with Gasteiger partial charge in [-0.1, -0.05) is 135 Å².